The first-order valence-electron chi connectivity index (χ1n) is 16.6. The van der Waals surface area contributed by atoms with Crippen LogP contribution in [0.2, 0.25) is 0 Å². The van der Waals surface area contributed by atoms with Crippen LogP contribution in [0.5, 0.6) is 0 Å². The van der Waals surface area contributed by atoms with E-state index in [0.29, 0.717) is 19.6 Å². The molecule has 0 saturated carbocycles. The van der Waals surface area contributed by atoms with E-state index in [1.54, 1.807) is 0 Å². The predicted octanol–water partition coefficient (Wildman–Crippen LogP) is -20.8. The Morgan fingerprint density at radius 2 is 0.550 bits per heavy atom. The number of aliphatic hydroxyl groups excluding tert-OH is 3. The normalized spacial score (nSPS) is 16.1. The van der Waals surface area contributed by atoms with E-state index in [2.05, 4.69) is 28.4 Å². The molecule has 0 aromatic carbocycles. The van der Waals surface area contributed by atoms with Crippen molar-refractivity contribution in [2.75, 3.05) is 138 Å². The average Bonchev–Trinajstić information content (AvgIpc) is 3.30. The minimum atomic E-state index is -1.37. The topological polar surface area (TPSA) is 427 Å². The van der Waals surface area contributed by atoms with Crippen LogP contribution < -0.4 is 121 Å². The van der Waals surface area contributed by atoms with Crippen LogP contribution in [0.15, 0.2) is 0 Å². The van der Waals surface area contributed by atoms with Crippen LogP contribution >= 0.6 is 0 Å². The van der Waals surface area contributed by atoms with Gasteiger partial charge in [-0.3, -0.25) is 43.5 Å². The van der Waals surface area contributed by atoms with Gasteiger partial charge in [-0.1, -0.05) is 0 Å². The summed E-state index contributed by atoms with van der Waals surface area (Å²) in [5.41, 5.74) is 14.3. The van der Waals surface area contributed by atoms with Gasteiger partial charge in [0.05, 0.1) is 77.0 Å². The van der Waals surface area contributed by atoms with Gasteiger partial charge < -0.3 is 90.6 Å². The number of carbonyl (C=O) groups excluding carboxylic acids is 9. The summed E-state index contributed by atoms with van der Waals surface area (Å²) in [5, 5.41) is 54.2. The van der Waals surface area contributed by atoms with Gasteiger partial charge in [0.2, 0.25) is 0 Å². The molecule has 0 radical (unpaired) electrons. The van der Waals surface area contributed by atoms with Gasteiger partial charge in [-0.25, -0.2) is 0 Å². The van der Waals surface area contributed by atoms with Crippen molar-refractivity contribution in [2.45, 2.75) is 0 Å². The molecule has 330 valence electrons. The quantitative estimate of drug-likeness (QED) is 0.0711. The first kappa shape index (κ1) is 69.6. The van der Waals surface area contributed by atoms with Gasteiger partial charge in [-0.05, 0) is 0 Å². The van der Waals surface area contributed by atoms with Crippen LogP contribution in [0.3, 0.4) is 0 Å². The number of aliphatic carboxylic acids is 3. The summed E-state index contributed by atoms with van der Waals surface area (Å²) in [7, 11) is 0. The Kier molecular flexibility index (Phi) is 55.5. The van der Waals surface area contributed by atoms with Crippen LogP contribution in [0.4, 0.5) is 0 Å². The molecule has 0 unspecified atom stereocenters. The minimum absolute atomic E-state index is 0. The molecule has 0 bridgehead atoms. The molecule has 30 heteroatoms. The van der Waals surface area contributed by atoms with Crippen LogP contribution in [-0.2, 0) is 71.6 Å². The third kappa shape index (κ3) is 50.2. The number of carbonyl (C=O) groups is 9. The number of nitrogens with two attached hydrogens (primary N) is 3. The molecule has 9 N–H and O–H groups in total. The van der Waals surface area contributed by atoms with Crippen molar-refractivity contribution in [2.24, 2.45) is 17.2 Å². The first-order valence-corrected chi connectivity index (χ1v) is 16.6. The molecule has 27 nitrogen and oxygen atoms in total. The fraction of sp³-hybridized carbons (Fsp3) is 0.700. The molecule has 0 aromatic rings. The number of carboxylic acid groups (broad SMARTS) is 3. The summed E-state index contributed by atoms with van der Waals surface area (Å²) in [6.07, 6.45) is 0. The second kappa shape index (κ2) is 47.9. The Bertz CT molecular complexity index is 1020. The molecular formula is C30H51N6Na3O21. The molecule has 3 saturated heterocycles. The first-order chi connectivity index (χ1) is 27.0. The number of carboxylic acids is 3. The van der Waals surface area contributed by atoms with Gasteiger partial charge in [0, 0.05) is 39.3 Å². The van der Waals surface area contributed by atoms with E-state index in [1.807, 2.05) is 0 Å². The van der Waals surface area contributed by atoms with Crippen molar-refractivity contribution < 1.29 is 191 Å². The summed E-state index contributed by atoms with van der Waals surface area (Å²) in [5.74, 6) is -7.63. The van der Waals surface area contributed by atoms with Crippen LogP contribution in [0, 0.1) is 0 Å². The van der Waals surface area contributed by atoms with Crippen molar-refractivity contribution in [3.8, 4) is 0 Å². The maximum atomic E-state index is 11.0. The van der Waals surface area contributed by atoms with Crippen LogP contribution in [0.1, 0.15) is 0 Å². The number of nitrogens with zero attached hydrogens (tertiary/aromatic N) is 3. The zero-order valence-electron chi connectivity index (χ0n) is 34.1. The van der Waals surface area contributed by atoms with Crippen molar-refractivity contribution in [1.29, 1.82) is 0 Å². The van der Waals surface area contributed by atoms with E-state index in [0.717, 1.165) is 14.7 Å². The molecule has 3 rings (SSSR count). The van der Waals surface area contributed by atoms with Gasteiger partial charge in [0.25, 0.3) is 0 Å². The Labute approximate surface area is 411 Å². The number of cyclic esters (lactones) is 6. The number of esters is 6. The number of ether oxygens (including phenoxy) is 6. The summed E-state index contributed by atoms with van der Waals surface area (Å²) in [6, 6.07) is 0. The number of rotatable bonds is 9. The molecule has 0 aromatic heterocycles. The molecule has 0 aliphatic carbocycles. The van der Waals surface area contributed by atoms with E-state index in [9.17, 15) is 58.5 Å². The van der Waals surface area contributed by atoms with Crippen LogP contribution in [-0.4, -0.2) is 222 Å². The monoisotopic (exact) mass is 900 g/mol. The molecular weight excluding hydrogens is 849 g/mol. The number of aliphatic hydroxyl groups is 3. The molecule has 0 amide bonds. The van der Waals surface area contributed by atoms with Gasteiger partial charge in [0.1, 0.15) is 39.6 Å². The zero-order chi connectivity index (χ0) is 44.0. The van der Waals surface area contributed by atoms with Gasteiger partial charge in [-0.2, -0.15) is 0 Å². The summed E-state index contributed by atoms with van der Waals surface area (Å²) < 4.78 is 27.9. The Hall–Kier alpha value is -2.13. The molecule has 0 atom stereocenters. The summed E-state index contributed by atoms with van der Waals surface area (Å²) in [4.78, 5) is 100. The Morgan fingerprint density at radius 1 is 0.417 bits per heavy atom. The van der Waals surface area contributed by atoms with Crippen molar-refractivity contribution in [3.63, 3.8) is 0 Å². The fourth-order valence-corrected chi connectivity index (χ4v) is 3.35. The largest absolute Gasteiger partial charge is 1.00 e. The summed E-state index contributed by atoms with van der Waals surface area (Å²) >= 11 is 0. The smallest absolute Gasteiger partial charge is 0.549 e. The van der Waals surface area contributed by atoms with Gasteiger partial charge in [0.15, 0.2) is 0 Å². The third-order valence-corrected chi connectivity index (χ3v) is 5.39. The third-order valence-electron chi connectivity index (χ3n) is 5.39. The predicted molar refractivity (Wildman–Crippen MR) is 179 cm³/mol. The summed E-state index contributed by atoms with van der Waals surface area (Å²) in [6.45, 7) is -1.74. The molecule has 60 heavy (non-hydrogen) atoms. The van der Waals surface area contributed by atoms with E-state index < -0.39 is 73.4 Å². The standard InChI is InChI=1S/3C8H11NO6.3C2H7NO.3Na/c3*10-6(11)3-9-4-7(12)14-1-2-15-8(13)5-9;3*3-1-2-4;;;/h3*1-5H2,(H,10,11);3*4H,1-3H2;;;/q;;;;;;3*+1/p-3. The second-order valence-corrected chi connectivity index (χ2v) is 10.4. The zero-order valence-corrected chi connectivity index (χ0v) is 40.1. The van der Waals surface area contributed by atoms with Gasteiger partial charge >= 0.3 is 124 Å². The second-order valence-electron chi connectivity index (χ2n) is 10.4. The fourth-order valence-electron chi connectivity index (χ4n) is 3.35. The molecule has 3 aliphatic heterocycles. The average molecular weight is 901 g/mol. The Morgan fingerprint density at radius 3 is 0.650 bits per heavy atom. The van der Waals surface area contributed by atoms with Crippen molar-refractivity contribution >= 4 is 53.7 Å². The molecule has 3 fully saturated rings. The Balaban J connectivity index is -0.000000157. The minimum Gasteiger partial charge on any atom is -0.549 e. The van der Waals surface area contributed by atoms with Crippen LogP contribution in [0.25, 0.3) is 0 Å². The maximum absolute atomic E-state index is 11.0. The van der Waals surface area contributed by atoms with E-state index in [-0.39, 0.29) is 187 Å². The van der Waals surface area contributed by atoms with E-state index in [1.165, 1.54) is 0 Å². The van der Waals surface area contributed by atoms with Crippen molar-refractivity contribution in [1.82, 2.24) is 14.7 Å². The molecule has 3 aliphatic rings. The van der Waals surface area contributed by atoms with Crippen molar-refractivity contribution in [3.05, 3.63) is 0 Å². The number of hydrogen-bond acceptors (Lipinski definition) is 27. The maximum Gasteiger partial charge on any atom is 1.00 e. The van der Waals surface area contributed by atoms with Gasteiger partial charge in [-0.15, -0.1) is 0 Å². The van der Waals surface area contributed by atoms with E-state index >= 15 is 0 Å². The molecule has 3 heterocycles. The molecule has 0 spiro atoms. The number of hydrogen-bond donors (Lipinski definition) is 6. The SMILES string of the molecule is NCCO.NCCO.NCCO.O=C([O-])CN1CC(=O)OCCOC(=O)C1.O=C([O-])CN1CC(=O)OCCOC(=O)C1.O=C([O-])CN1CC(=O)OCCOC(=O)C1.[Na+].[Na+].[Na+]. The van der Waals surface area contributed by atoms with E-state index in [4.69, 9.17) is 32.5 Å².